The Kier molecular flexibility index (Phi) is 5.47. The van der Waals surface area contributed by atoms with Gasteiger partial charge in [0.15, 0.2) is 11.6 Å². The quantitative estimate of drug-likeness (QED) is 0.462. The van der Waals surface area contributed by atoms with Crippen LogP contribution in [0.5, 0.6) is 11.8 Å². The predicted octanol–water partition coefficient (Wildman–Crippen LogP) is 3.40. The Balaban J connectivity index is 2.11. The fraction of sp³-hybridized carbons (Fsp3) is 0.250. The fourth-order valence-corrected chi connectivity index (χ4v) is 3.40. The maximum atomic E-state index is 6.57. The molecule has 0 aliphatic rings. The number of halogens is 1. The maximum absolute atomic E-state index is 6.57. The molecule has 1 aromatic carbocycles. The molecule has 3 aromatic heterocycles. The predicted molar refractivity (Wildman–Crippen MR) is 111 cm³/mol. The Morgan fingerprint density at radius 1 is 1.07 bits per heavy atom. The van der Waals surface area contributed by atoms with Crippen LogP contribution < -0.4 is 9.47 Å². The van der Waals surface area contributed by atoms with Crippen LogP contribution in [0.4, 0.5) is 0 Å². The first-order valence-corrected chi connectivity index (χ1v) is 9.39. The van der Waals surface area contributed by atoms with Crippen LogP contribution in [-0.4, -0.2) is 51.0 Å². The zero-order valence-corrected chi connectivity index (χ0v) is 17.6. The van der Waals surface area contributed by atoms with Gasteiger partial charge >= 0.3 is 0 Å². The number of pyridine rings is 1. The minimum absolute atomic E-state index is 0.238. The van der Waals surface area contributed by atoms with Crippen LogP contribution in [0.15, 0.2) is 30.6 Å². The molecule has 0 N–H and O–H groups in total. The first kappa shape index (κ1) is 20.0. The summed E-state index contributed by atoms with van der Waals surface area (Å²) in [5.74, 6) is 1.69. The van der Waals surface area contributed by atoms with E-state index in [2.05, 4.69) is 25.1 Å². The minimum atomic E-state index is 0.238. The molecule has 30 heavy (non-hydrogen) atoms. The molecule has 0 amide bonds. The van der Waals surface area contributed by atoms with Crippen molar-refractivity contribution in [2.75, 3.05) is 21.3 Å². The molecule has 154 valence electrons. The second kappa shape index (κ2) is 8.21. The highest BCUT2D eigenvalue weighted by molar-refractivity contribution is 6.32. The van der Waals surface area contributed by atoms with Gasteiger partial charge in [0.2, 0.25) is 0 Å². The van der Waals surface area contributed by atoms with Crippen molar-refractivity contribution in [1.29, 1.82) is 0 Å². The van der Waals surface area contributed by atoms with Gasteiger partial charge in [-0.05, 0) is 30.7 Å². The van der Waals surface area contributed by atoms with Crippen LogP contribution in [0.1, 0.15) is 11.4 Å². The summed E-state index contributed by atoms with van der Waals surface area (Å²) >= 11 is 6.57. The molecule has 4 aromatic rings. The SMILES string of the molecule is COCc1nnc(-c2cccnc2)n1-c1c(C)c(Cl)cc2nc(OC)c(OC)nc12. The van der Waals surface area contributed by atoms with E-state index < -0.39 is 0 Å². The molecule has 3 heterocycles. The summed E-state index contributed by atoms with van der Waals surface area (Å²) in [6.07, 6.45) is 3.41. The molecule has 10 heteroatoms. The van der Waals surface area contributed by atoms with Gasteiger partial charge in [-0.3, -0.25) is 9.55 Å². The molecular formula is C20H19ClN6O3. The van der Waals surface area contributed by atoms with E-state index in [4.69, 9.17) is 25.8 Å². The lowest BCUT2D eigenvalue weighted by molar-refractivity contribution is 0.176. The molecule has 0 aliphatic heterocycles. The molecule has 4 rings (SSSR count). The average Bonchev–Trinajstić information content (AvgIpc) is 3.18. The van der Waals surface area contributed by atoms with Crippen LogP contribution in [0.25, 0.3) is 28.1 Å². The number of aromatic nitrogens is 6. The maximum Gasteiger partial charge on any atom is 0.278 e. The summed E-state index contributed by atoms with van der Waals surface area (Å²) in [5.41, 5.74) is 3.37. The van der Waals surface area contributed by atoms with Gasteiger partial charge in [-0.2, -0.15) is 0 Å². The first-order valence-electron chi connectivity index (χ1n) is 9.01. The summed E-state index contributed by atoms with van der Waals surface area (Å²) in [7, 11) is 4.61. The van der Waals surface area contributed by atoms with Gasteiger partial charge < -0.3 is 14.2 Å². The van der Waals surface area contributed by atoms with Crippen molar-refractivity contribution < 1.29 is 14.2 Å². The topological polar surface area (TPSA) is 97.1 Å². The Hall–Kier alpha value is -3.30. The number of nitrogens with zero attached hydrogens (tertiary/aromatic N) is 6. The molecule has 0 unspecified atom stereocenters. The Bertz CT molecular complexity index is 1210. The van der Waals surface area contributed by atoms with Crippen molar-refractivity contribution in [3.63, 3.8) is 0 Å². The van der Waals surface area contributed by atoms with Crippen molar-refractivity contribution in [3.8, 4) is 28.8 Å². The molecule has 0 saturated heterocycles. The van der Waals surface area contributed by atoms with E-state index >= 15 is 0 Å². The lowest BCUT2D eigenvalue weighted by Gasteiger charge is -2.17. The normalized spacial score (nSPS) is 11.1. The minimum Gasteiger partial charge on any atom is -0.477 e. The molecule has 0 fully saturated rings. The van der Waals surface area contributed by atoms with Gasteiger partial charge in [0.05, 0.1) is 25.4 Å². The average molecular weight is 427 g/mol. The van der Waals surface area contributed by atoms with Crippen molar-refractivity contribution in [1.82, 2.24) is 29.7 Å². The summed E-state index contributed by atoms with van der Waals surface area (Å²) < 4.78 is 17.9. The molecule has 0 spiro atoms. The summed E-state index contributed by atoms with van der Waals surface area (Å²) in [4.78, 5) is 13.4. The molecule has 9 nitrogen and oxygen atoms in total. The van der Waals surface area contributed by atoms with Crippen molar-refractivity contribution in [2.45, 2.75) is 13.5 Å². The summed E-state index contributed by atoms with van der Waals surface area (Å²) in [6, 6.07) is 5.48. The van der Waals surface area contributed by atoms with Crippen molar-refractivity contribution in [2.24, 2.45) is 0 Å². The van der Waals surface area contributed by atoms with Gasteiger partial charge in [0.25, 0.3) is 11.8 Å². The molecule has 0 radical (unpaired) electrons. The van der Waals surface area contributed by atoms with Crippen LogP contribution in [0, 0.1) is 6.92 Å². The molecule has 0 saturated carbocycles. The van der Waals surface area contributed by atoms with Crippen LogP contribution >= 0.6 is 11.6 Å². The highest BCUT2D eigenvalue weighted by Gasteiger charge is 2.23. The number of ether oxygens (including phenoxy) is 3. The van der Waals surface area contributed by atoms with E-state index in [1.54, 1.807) is 25.6 Å². The molecule has 0 bridgehead atoms. The highest BCUT2D eigenvalue weighted by Crippen LogP contribution is 2.36. The van der Waals surface area contributed by atoms with Crippen molar-refractivity contribution in [3.05, 3.63) is 47.0 Å². The third kappa shape index (κ3) is 3.31. The smallest absolute Gasteiger partial charge is 0.278 e. The van der Waals surface area contributed by atoms with Crippen LogP contribution in [0.3, 0.4) is 0 Å². The molecule has 0 atom stereocenters. The number of methoxy groups -OCH3 is 3. The Morgan fingerprint density at radius 3 is 2.50 bits per heavy atom. The van der Waals surface area contributed by atoms with Crippen LogP contribution in [-0.2, 0) is 11.3 Å². The fourth-order valence-electron chi connectivity index (χ4n) is 3.21. The monoisotopic (exact) mass is 426 g/mol. The molecular weight excluding hydrogens is 408 g/mol. The number of hydrogen-bond donors (Lipinski definition) is 0. The number of fused-ring (bicyclic) bond motifs is 1. The van der Waals surface area contributed by atoms with Gasteiger partial charge in [0, 0.05) is 30.1 Å². The van der Waals surface area contributed by atoms with Gasteiger partial charge in [0.1, 0.15) is 12.1 Å². The summed E-state index contributed by atoms with van der Waals surface area (Å²) in [6.45, 7) is 2.14. The van der Waals surface area contributed by atoms with E-state index in [1.165, 1.54) is 14.2 Å². The van der Waals surface area contributed by atoms with Gasteiger partial charge in [-0.15, -0.1) is 10.2 Å². The molecule has 0 aliphatic carbocycles. The first-order chi connectivity index (χ1) is 14.6. The number of rotatable bonds is 6. The summed E-state index contributed by atoms with van der Waals surface area (Å²) in [5, 5.41) is 9.23. The van der Waals surface area contributed by atoms with E-state index in [0.29, 0.717) is 33.4 Å². The van der Waals surface area contributed by atoms with E-state index in [-0.39, 0.29) is 18.4 Å². The lowest BCUT2D eigenvalue weighted by Crippen LogP contribution is -2.09. The lowest BCUT2D eigenvalue weighted by atomic mass is 10.1. The van der Waals surface area contributed by atoms with E-state index in [0.717, 1.165) is 11.1 Å². The van der Waals surface area contributed by atoms with Crippen molar-refractivity contribution >= 4 is 22.6 Å². The Labute approximate surface area is 177 Å². The zero-order chi connectivity index (χ0) is 21.3. The van der Waals surface area contributed by atoms with E-state index in [9.17, 15) is 0 Å². The zero-order valence-electron chi connectivity index (χ0n) is 16.9. The highest BCUT2D eigenvalue weighted by atomic mass is 35.5. The van der Waals surface area contributed by atoms with Gasteiger partial charge in [-0.25, -0.2) is 9.97 Å². The number of benzene rings is 1. The van der Waals surface area contributed by atoms with Gasteiger partial charge in [-0.1, -0.05) is 11.6 Å². The second-order valence-electron chi connectivity index (χ2n) is 6.39. The third-order valence-corrected chi connectivity index (χ3v) is 4.99. The third-order valence-electron chi connectivity index (χ3n) is 4.60. The van der Waals surface area contributed by atoms with Crippen LogP contribution in [0.2, 0.25) is 5.02 Å². The largest absolute Gasteiger partial charge is 0.477 e. The second-order valence-corrected chi connectivity index (χ2v) is 6.80. The standard InChI is InChI=1S/C20H19ClN6O3/c1-11-13(21)8-14-16(24-20(30-4)19(23-14)29-3)17(11)27-15(10-28-2)25-26-18(27)12-6-5-7-22-9-12/h5-9H,10H2,1-4H3. The number of hydrogen-bond acceptors (Lipinski definition) is 8. The Morgan fingerprint density at radius 2 is 1.83 bits per heavy atom. The van der Waals surface area contributed by atoms with E-state index in [1.807, 2.05) is 23.6 Å².